The molecule has 0 aromatic heterocycles. The van der Waals surface area contributed by atoms with Gasteiger partial charge in [0.2, 0.25) is 0 Å². The van der Waals surface area contributed by atoms with E-state index in [1.54, 1.807) is 18.2 Å². The molecule has 1 amide bonds. The Balaban J connectivity index is 2.51. The quantitative estimate of drug-likeness (QED) is 0.756. The van der Waals surface area contributed by atoms with E-state index in [2.05, 4.69) is 11.9 Å². The van der Waals surface area contributed by atoms with Gasteiger partial charge in [0.15, 0.2) is 6.61 Å². The Hall–Kier alpha value is -1.52. The summed E-state index contributed by atoms with van der Waals surface area (Å²) in [6.45, 7) is 4.26. The molecule has 3 N–H and O–H groups in total. The van der Waals surface area contributed by atoms with Crippen LogP contribution < -0.4 is 15.8 Å². The van der Waals surface area contributed by atoms with Gasteiger partial charge in [-0.05, 0) is 17.7 Å². The number of ether oxygens (including phenoxy) is 1. The van der Waals surface area contributed by atoms with Crippen LogP contribution in [0.1, 0.15) is 5.56 Å². The SMILES string of the molecule is C=CCNC(=O)COc1ccc(CN)cc1Cl. The van der Waals surface area contributed by atoms with Gasteiger partial charge < -0.3 is 15.8 Å². The van der Waals surface area contributed by atoms with Gasteiger partial charge in [-0.15, -0.1) is 6.58 Å². The molecule has 0 saturated heterocycles. The maximum Gasteiger partial charge on any atom is 0.258 e. The van der Waals surface area contributed by atoms with Gasteiger partial charge in [0.25, 0.3) is 5.91 Å². The Bertz CT molecular complexity index is 407. The maximum atomic E-state index is 11.3. The molecule has 5 heteroatoms. The fourth-order valence-electron chi connectivity index (χ4n) is 1.17. The number of hydrogen-bond donors (Lipinski definition) is 2. The molecule has 0 atom stereocenters. The summed E-state index contributed by atoms with van der Waals surface area (Å²) in [5.74, 6) is 0.251. The highest BCUT2D eigenvalue weighted by Crippen LogP contribution is 2.25. The first-order chi connectivity index (χ1) is 8.17. The summed E-state index contributed by atoms with van der Waals surface area (Å²) in [5, 5.41) is 3.05. The van der Waals surface area contributed by atoms with Crippen LogP contribution in [-0.4, -0.2) is 19.1 Å². The maximum absolute atomic E-state index is 11.3. The highest BCUT2D eigenvalue weighted by molar-refractivity contribution is 6.32. The van der Waals surface area contributed by atoms with E-state index in [0.29, 0.717) is 23.9 Å². The van der Waals surface area contributed by atoms with Crippen molar-refractivity contribution in [3.8, 4) is 5.75 Å². The van der Waals surface area contributed by atoms with Crippen LogP contribution in [0, 0.1) is 0 Å². The minimum Gasteiger partial charge on any atom is -0.482 e. The van der Waals surface area contributed by atoms with Crippen molar-refractivity contribution in [2.75, 3.05) is 13.2 Å². The molecule has 0 aliphatic heterocycles. The van der Waals surface area contributed by atoms with Crippen molar-refractivity contribution >= 4 is 17.5 Å². The van der Waals surface area contributed by atoms with Gasteiger partial charge in [-0.1, -0.05) is 23.7 Å². The summed E-state index contributed by atoms with van der Waals surface area (Å²) < 4.78 is 5.28. The number of hydrogen-bond acceptors (Lipinski definition) is 3. The van der Waals surface area contributed by atoms with Crippen LogP contribution in [0.2, 0.25) is 5.02 Å². The van der Waals surface area contributed by atoms with E-state index in [9.17, 15) is 4.79 Å². The van der Waals surface area contributed by atoms with Gasteiger partial charge in [0.05, 0.1) is 5.02 Å². The highest BCUT2D eigenvalue weighted by Gasteiger charge is 2.05. The number of benzene rings is 1. The van der Waals surface area contributed by atoms with Crippen molar-refractivity contribution in [2.24, 2.45) is 5.73 Å². The van der Waals surface area contributed by atoms with Gasteiger partial charge in [-0.2, -0.15) is 0 Å². The standard InChI is InChI=1S/C12H15ClN2O2/c1-2-5-15-12(16)8-17-11-4-3-9(7-14)6-10(11)13/h2-4,6H,1,5,7-8,14H2,(H,15,16). The molecule has 4 nitrogen and oxygen atoms in total. The van der Waals surface area contributed by atoms with E-state index < -0.39 is 0 Å². The first kappa shape index (κ1) is 13.5. The van der Waals surface area contributed by atoms with Crippen molar-refractivity contribution in [1.29, 1.82) is 0 Å². The summed E-state index contributed by atoms with van der Waals surface area (Å²) in [4.78, 5) is 11.3. The van der Waals surface area contributed by atoms with Crippen LogP contribution in [0.15, 0.2) is 30.9 Å². The van der Waals surface area contributed by atoms with Gasteiger partial charge in [-0.25, -0.2) is 0 Å². The summed E-state index contributed by atoms with van der Waals surface area (Å²) in [7, 11) is 0. The number of carbonyl (C=O) groups excluding carboxylic acids is 1. The lowest BCUT2D eigenvalue weighted by Crippen LogP contribution is -2.28. The zero-order valence-electron chi connectivity index (χ0n) is 9.41. The molecule has 0 aliphatic rings. The van der Waals surface area contributed by atoms with Crippen LogP contribution in [0.4, 0.5) is 0 Å². The van der Waals surface area contributed by atoms with E-state index in [1.807, 2.05) is 6.07 Å². The second-order valence-electron chi connectivity index (χ2n) is 3.35. The second kappa shape index (κ2) is 6.93. The lowest BCUT2D eigenvalue weighted by atomic mass is 10.2. The molecule has 1 rings (SSSR count). The van der Waals surface area contributed by atoms with Gasteiger partial charge in [0.1, 0.15) is 5.75 Å². The third kappa shape index (κ3) is 4.46. The molecule has 0 fully saturated rings. The Labute approximate surface area is 105 Å². The zero-order valence-corrected chi connectivity index (χ0v) is 10.2. The lowest BCUT2D eigenvalue weighted by Gasteiger charge is -2.08. The third-order valence-corrected chi connectivity index (χ3v) is 2.33. The molecule has 0 aliphatic carbocycles. The fraction of sp³-hybridized carbons (Fsp3) is 0.250. The van der Waals surface area contributed by atoms with E-state index in [-0.39, 0.29) is 12.5 Å². The molecule has 0 unspecified atom stereocenters. The van der Waals surface area contributed by atoms with E-state index in [4.69, 9.17) is 22.1 Å². The second-order valence-corrected chi connectivity index (χ2v) is 3.76. The van der Waals surface area contributed by atoms with Crippen molar-refractivity contribution in [2.45, 2.75) is 6.54 Å². The summed E-state index contributed by atoms with van der Waals surface area (Å²) in [6, 6.07) is 5.23. The number of halogens is 1. The van der Waals surface area contributed by atoms with E-state index in [0.717, 1.165) is 5.56 Å². The Morgan fingerprint density at radius 2 is 2.35 bits per heavy atom. The molecule has 0 radical (unpaired) electrons. The first-order valence-electron chi connectivity index (χ1n) is 5.16. The lowest BCUT2D eigenvalue weighted by molar-refractivity contribution is -0.122. The molecule has 92 valence electrons. The largest absolute Gasteiger partial charge is 0.482 e. The number of carbonyl (C=O) groups is 1. The monoisotopic (exact) mass is 254 g/mol. The van der Waals surface area contributed by atoms with Crippen LogP contribution in [0.25, 0.3) is 0 Å². The van der Waals surface area contributed by atoms with Crippen molar-refractivity contribution in [1.82, 2.24) is 5.32 Å². The smallest absolute Gasteiger partial charge is 0.258 e. The number of nitrogens with one attached hydrogen (secondary N) is 1. The first-order valence-corrected chi connectivity index (χ1v) is 5.54. The van der Waals surface area contributed by atoms with Crippen molar-refractivity contribution in [3.05, 3.63) is 41.4 Å². The summed E-state index contributed by atoms with van der Waals surface area (Å²) in [5.41, 5.74) is 6.39. The third-order valence-electron chi connectivity index (χ3n) is 2.03. The number of nitrogens with two attached hydrogens (primary N) is 1. The average molecular weight is 255 g/mol. The fourth-order valence-corrected chi connectivity index (χ4v) is 1.43. The Kier molecular flexibility index (Phi) is 5.52. The molecule has 0 bridgehead atoms. The van der Waals surface area contributed by atoms with Crippen molar-refractivity contribution < 1.29 is 9.53 Å². The van der Waals surface area contributed by atoms with Crippen molar-refractivity contribution in [3.63, 3.8) is 0 Å². The van der Waals surface area contributed by atoms with Crippen LogP contribution in [0.5, 0.6) is 5.75 Å². The molecule has 0 saturated carbocycles. The summed E-state index contributed by atoms with van der Waals surface area (Å²) >= 11 is 5.97. The predicted molar refractivity (Wildman–Crippen MR) is 68.0 cm³/mol. The molecular formula is C12H15ClN2O2. The van der Waals surface area contributed by atoms with Crippen LogP contribution >= 0.6 is 11.6 Å². The molecule has 1 aromatic carbocycles. The van der Waals surface area contributed by atoms with E-state index >= 15 is 0 Å². The molecular weight excluding hydrogens is 240 g/mol. The number of amides is 1. The Morgan fingerprint density at radius 1 is 1.59 bits per heavy atom. The molecule has 1 aromatic rings. The minimum atomic E-state index is -0.219. The zero-order chi connectivity index (χ0) is 12.7. The van der Waals surface area contributed by atoms with Gasteiger partial charge >= 0.3 is 0 Å². The van der Waals surface area contributed by atoms with Crippen LogP contribution in [0.3, 0.4) is 0 Å². The molecule has 0 spiro atoms. The minimum absolute atomic E-state index is 0.0739. The topological polar surface area (TPSA) is 64.3 Å². The normalized spacial score (nSPS) is 9.76. The van der Waals surface area contributed by atoms with Crippen LogP contribution in [-0.2, 0) is 11.3 Å². The predicted octanol–water partition coefficient (Wildman–Crippen LogP) is 1.48. The molecule has 0 heterocycles. The summed E-state index contributed by atoms with van der Waals surface area (Å²) in [6.07, 6.45) is 1.60. The van der Waals surface area contributed by atoms with Gasteiger partial charge in [-0.3, -0.25) is 4.79 Å². The Morgan fingerprint density at radius 3 is 2.94 bits per heavy atom. The van der Waals surface area contributed by atoms with E-state index in [1.165, 1.54) is 0 Å². The van der Waals surface area contributed by atoms with Gasteiger partial charge in [0, 0.05) is 13.1 Å². The molecule has 17 heavy (non-hydrogen) atoms. The number of rotatable bonds is 6. The highest BCUT2D eigenvalue weighted by atomic mass is 35.5. The average Bonchev–Trinajstić information content (AvgIpc) is 2.34.